The van der Waals surface area contributed by atoms with Crippen LogP contribution >= 0.6 is 11.6 Å². The van der Waals surface area contributed by atoms with Gasteiger partial charge >= 0.3 is 0 Å². The number of carbonyl (C=O) groups is 1. The molecule has 1 heterocycles. The Balaban J connectivity index is 2.71. The summed E-state index contributed by atoms with van der Waals surface area (Å²) in [4.78, 5) is 11.6. The lowest BCUT2D eigenvalue weighted by Gasteiger charge is -2.09. The molecule has 0 aliphatic heterocycles. The number of rotatable bonds is 4. The van der Waals surface area contributed by atoms with Gasteiger partial charge in [0.15, 0.2) is 0 Å². The van der Waals surface area contributed by atoms with Crippen LogP contribution in [0.4, 0.5) is 0 Å². The predicted molar refractivity (Wildman–Crippen MR) is 59.8 cm³/mol. The molecule has 0 saturated heterocycles. The molecule has 1 N–H and O–H groups in total. The molecule has 0 aliphatic carbocycles. The van der Waals surface area contributed by atoms with E-state index in [4.69, 9.17) is 11.6 Å². The van der Waals surface area contributed by atoms with Gasteiger partial charge in [0, 0.05) is 24.8 Å². The molecule has 1 amide bonds. The predicted octanol–water partition coefficient (Wildman–Crippen LogP) is 1.53. The summed E-state index contributed by atoms with van der Waals surface area (Å²) in [5.74, 6) is -0.158. The number of hydrogen-bond acceptors (Lipinski definition) is 2. The van der Waals surface area contributed by atoms with Crippen LogP contribution in [0.15, 0.2) is 6.20 Å². The maximum Gasteiger partial charge on any atom is 0.242 e. The molecule has 5 heteroatoms. The van der Waals surface area contributed by atoms with Crippen LogP contribution in [0, 0.1) is 6.92 Å². The molecule has 0 bridgehead atoms. The lowest BCUT2D eigenvalue weighted by molar-refractivity contribution is -0.120. The topological polar surface area (TPSA) is 46.9 Å². The number of amides is 1. The quantitative estimate of drug-likeness (QED) is 0.797. The van der Waals surface area contributed by atoms with Crippen molar-refractivity contribution in [2.75, 3.05) is 6.54 Å². The second-order valence-corrected chi connectivity index (χ2v) is 3.90. The van der Waals surface area contributed by atoms with Crippen molar-refractivity contribution in [1.29, 1.82) is 0 Å². The summed E-state index contributed by atoms with van der Waals surface area (Å²) in [6.07, 6.45) is 2.54. The Kier molecular flexibility index (Phi) is 4.15. The molecule has 84 valence electrons. The van der Waals surface area contributed by atoms with Crippen molar-refractivity contribution in [2.45, 2.75) is 25.6 Å². The first-order chi connectivity index (χ1) is 7.07. The Morgan fingerprint density at radius 1 is 1.73 bits per heavy atom. The number of nitrogens with one attached hydrogen (secondary N) is 1. The average molecular weight is 230 g/mol. The maximum atomic E-state index is 11.6. The van der Waals surface area contributed by atoms with E-state index in [1.165, 1.54) is 0 Å². The second kappa shape index (κ2) is 5.16. The van der Waals surface area contributed by atoms with Crippen LogP contribution in [0.3, 0.4) is 0 Å². The highest BCUT2D eigenvalue weighted by molar-refractivity contribution is 6.30. The lowest BCUT2D eigenvalue weighted by Crippen LogP contribution is -2.27. The number of halogens is 1. The van der Waals surface area contributed by atoms with Gasteiger partial charge in [-0.2, -0.15) is 5.10 Å². The van der Waals surface area contributed by atoms with Gasteiger partial charge in [-0.05, 0) is 13.3 Å². The third-order valence-corrected chi connectivity index (χ3v) is 2.76. The number of alkyl halides is 1. The molecular formula is C10H16ClN3O. The molecule has 0 spiro atoms. The molecule has 1 rings (SSSR count). The Bertz CT molecular complexity index is 348. The molecule has 1 atom stereocenters. The van der Waals surface area contributed by atoms with Gasteiger partial charge in [-0.3, -0.25) is 9.48 Å². The highest BCUT2D eigenvalue weighted by atomic mass is 35.5. The first-order valence-corrected chi connectivity index (χ1v) is 5.41. The molecule has 1 aromatic heterocycles. The van der Waals surface area contributed by atoms with Crippen molar-refractivity contribution < 1.29 is 4.79 Å². The highest BCUT2D eigenvalue weighted by Crippen LogP contribution is 2.23. The molecule has 0 aromatic carbocycles. The van der Waals surface area contributed by atoms with Gasteiger partial charge in [-0.25, -0.2) is 0 Å². The first-order valence-electron chi connectivity index (χ1n) is 4.98. The molecule has 0 radical (unpaired) electrons. The van der Waals surface area contributed by atoms with E-state index in [-0.39, 0.29) is 5.91 Å². The summed E-state index contributed by atoms with van der Waals surface area (Å²) >= 11 is 6.05. The van der Waals surface area contributed by atoms with Gasteiger partial charge in [-0.15, -0.1) is 11.6 Å². The lowest BCUT2D eigenvalue weighted by atomic mass is 10.2. The first kappa shape index (κ1) is 12.0. The molecule has 1 unspecified atom stereocenters. The third-order valence-electron chi connectivity index (χ3n) is 2.33. The van der Waals surface area contributed by atoms with Gasteiger partial charge in [0.25, 0.3) is 0 Å². The van der Waals surface area contributed by atoms with Gasteiger partial charge in [-0.1, -0.05) is 6.92 Å². The van der Waals surface area contributed by atoms with Crippen LogP contribution in [-0.4, -0.2) is 22.2 Å². The summed E-state index contributed by atoms with van der Waals surface area (Å²) in [7, 11) is 1.83. The Morgan fingerprint density at radius 2 is 2.40 bits per heavy atom. The van der Waals surface area contributed by atoms with E-state index < -0.39 is 5.38 Å². The van der Waals surface area contributed by atoms with Gasteiger partial charge in [0.2, 0.25) is 5.91 Å². The smallest absolute Gasteiger partial charge is 0.242 e. The van der Waals surface area contributed by atoms with Crippen LogP contribution in [0.2, 0.25) is 0 Å². The van der Waals surface area contributed by atoms with E-state index in [0.717, 1.165) is 17.7 Å². The highest BCUT2D eigenvalue weighted by Gasteiger charge is 2.21. The van der Waals surface area contributed by atoms with Gasteiger partial charge in [0.1, 0.15) is 5.38 Å². The van der Waals surface area contributed by atoms with Crippen molar-refractivity contribution in [3.63, 3.8) is 0 Å². The normalized spacial score (nSPS) is 12.5. The fraction of sp³-hybridized carbons (Fsp3) is 0.600. The molecule has 4 nitrogen and oxygen atoms in total. The third kappa shape index (κ3) is 2.72. The number of hydrogen-bond donors (Lipinski definition) is 1. The van der Waals surface area contributed by atoms with Crippen molar-refractivity contribution in [3.8, 4) is 0 Å². The van der Waals surface area contributed by atoms with Crippen molar-refractivity contribution in [1.82, 2.24) is 15.1 Å². The zero-order chi connectivity index (χ0) is 11.4. The SMILES string of the molecule is CCCNC(=O)C(Cl)c1cnn(C)c1C. The Hall–Kier alpha value is -1.03. The fourth-order valence-corrected chi connectivity index (χ4v) is 1.53. The summed E-state index contributed by atoms with van der Waals surface area (Å²) in [5.41, 5.74) is 1.69. The fourth-order valence-electron chi connectivity index (χ4n) is 1.24. The zero-order valence-electron chi connectivity index (χ0n) is 9.25. The van der Waals surface area contributed by atoms with Crippen molar-refractivity contribution >= 4 is 17.5 Å². The molecule has 0 aliphatic rings. The van der Waals surface area contributed by atoms with E-state index in [1.54, 1.807) is 10.9 Å². The van der Waals surface area contributed by atoms with Gasteiger partial charge in [0.05, 0.1) is 6.20 Å². The largest absolute Gasteiger partial charge is 0.355 e. The number of aromatic nitrogens is 2. The molecular weight excluding hydrogens is 214 g/mol. The summed E-state index contributed by atoms with van der Waals surface area (Å²) in [6, 6.07) is 0. The number of carbonyl (C=O) groups excluding carboxylic acids is 1. The van der Waals surface area contributed by atoms with Crippen LogP contribution in [-0.2, 0) is 11.8 Å². The molecule has 15 heavy (non-hydrogen) atoms. The van der Waals surface area contributed by atoms with E-state index >= 15 is 0 Å². The van der Waals surface area contributed by atoms with Crippen LogP contribution in [0.1, 0.15) is 30.0 Å². The summed E-state index contributed by atoms with van der Waals surface area (Å²) in [6.45, 7) is 4.55. The number of aryl methyl sites for hydroxylation is 1. The van der Waals surface area contributed by atoms with Crippen LogP contribution < -0.4 is 5.32 Å². The second-order valence-electron chi connectivity index (χ2n) is 3.46. The molecule has 0 fully saturated rings. The van der Waals surface area contributed by atoms with E-state index in [1.807, 2.05) is 20.9 Å². The standard InChI is InChI=1S/C10H16ClN3O/c1-4-5-12-10(15)9(11)8-6-13-14(3)7(8)2/h6,9H,4-5H2,1-3H3,(H,12,15). The number of nitrogens with zero attached hydrogens (tertiary/aromatic N) is 2. The minimum atomic E-state index is -0.648. The van der Waals surface area contributed by atoms with Gasteiger partial charge < -0.3 is 5.32 Å². The Labute approximate surface area is 94.6 Å². The van der Waals surface area contributed by atoms with Crippen molar-refractivity contribution in [2.24, 2.45) is 7.05 Å². The monoisotopic (exact) mass is 229 g/mol. The zero-order valence-corrected chi connectivity index (χ0v) is 10.0. The van der Waals surface area contributed by atoms with E-state index in [9.17, 15) is 4.79 Å². The van der Waals surface area contributed by atoms with Crippen LogP contribution in [0.25, 0.3) is 0 Å². The van der Waals surface area contributed by atoms with Crippen LogP contribution in [0.5, 0.6) is 0 Å². The molecule has 0 saturated carbocycles. The average Bonchev–Trinajstić information content (AvgIpc) is 2.55. The maximum absolute atomic E-state index is 11.6. The minimum Gasteiger partial charge on any atom is -0.355 e. The summed E-state index contributed by atoms with van der Waals surface area (Å²) in [5, 5.41) is 6.16. The summed E-state index contributed by atoms with van der Waals surface area (Å²) < 4.78 is 1.71. The van der Waals surface area contributed by atoms with E-state index in [0.29, 0.717) is 6.54 Å². The van der Waals surface area contributed by atoms with E-state index in [2.05, 4.69) is 10.4 Å². The molecule has 1 aromatic rings. The Morgan fingerprint density at radius 3 is 2.87 bits per heavy atom. The van der Waals surface area contributed by atoms with Crippen molar-refractivity contribution in [3.05, 3.63) is 17.5 Å². The minimum absolute atomic E-state index is 0.158.